The molecule has 1 aromatic carbocycles. The van der Waals surface area contributed by atoms with Gasteiger partial charge in [-0.1, -0.05) is 11.6 Å². The van der Waals surface area contributed by atoms with Crippen LogP contribution >= 0.6 is 11.6 Å². The monoisotopic (exact) mass is 313 g/mol. The molecule has 1 rings (SSSR count). The van der Waals surface area contributed by atoms with Crippen molar-refractivity contribution in [3.63, 3.8) is 0 Å². The molecule has 8 nitrogen and oxygen atoms in total. The summed E-state index contributed by atoms with van der Waals surface area (Å²) in [5, 5.41) is 8.04. The highest BCUT2D eigenvalue weighted by Gasteiger charge is 2.34. The first-order valence-electron chi connectivity index (χ1n) is 4.13. The van der Waals surface area contributed by atoms with Gasteiger partial charge in [-0.05, 0) is 13.0 Å². The molecule has 11 heteroatoms. The molecule has 0 bridgehead atoms. The molecule has 0 saturated heterocycles. The van der Waals surface area contributed by atoms with Crippen LogP contribution in [0.2, 0.25) is 5.02 Å². The van der Waals surface area contributed by atoms with Crippen LogP contribution in [-0.2, 0) is 20.2 Å². The van der Waals surface area contributed by atoms with Gasteiger partial charge in [0.1, 0.15) is 4.90 Å². The quantitative estimate of drug-likeness (QED) is 0.625. The Labute approximate surface area is 107 Å². The van der Waals surface area contributed by atoms with E-state index < -0.39 is 46.3 Å². The lowest BCUT2D eigenvalue weighted by Gasteiger charge is -2.04. The van der Waals surface area contributed by atoms with Crippen molar-refractivity contribution < 1.29 is 25.9 Å². The molecule has 0 aromatic heterocycles. The molecule has 0 unspecified atom stereocenters. The van der Waals surface area contributed by atoms with Crippen molar-refractivity contribution >= 4 is 37.5 Å². The molecular formula is C7H6ClN2O6S2+. The van der Waals surface area contributed by atoms with Gasteiger partial charge in [0.25, 0.3) is 10.1 Å². The molecule has 98 valence electrons. The van der Waals surface area contributed by atoms with E-state index in [-0.39, 0.29) is 0 Å². The number of hydrogen-bond acceptors (Lipinski definition) is 5. The van der Waals surface area contributed by atoms with Crippen LogP contribution in [0.1, 0.15) is 5.56 Å². The molecule has 0 aliphatic rings. The summed E-state index contributed by atoms with van der Waals surface area (Å²) in [6.07, 6.45) is 0. The van der Waals surface area contributed by atoms with E-state index in [9.17, 15) is 16.8 Å². The molecule has 0 aliphatic heterocycles. The lowest BCUT2D eigenvalue weighted by molar-refractivity contribution is 0.478. The molecule has 2 N–H and O–H groups in total. The van der Waals surface area contributed by atoms with Gasteiger partial charge in [-0.3, -0.25) is 9.11 Å². The fraction of sp³-hybridized carbons (Fsp3) is 0.143. The number of hydrogen-bond donors (Lipinski definition) is 2. The largest absolute Gasteiger partial charge is 0.410 e. The van der Waals surface area contributed by atoms with Gasteiger partial charge in [-0.2, -0.15) is 16.8 Å². The van der Waals surface area contributed by atoms with Gasteiger partial charge in [0.15, 0.2) is 9.87 Å². The summed E-state index contributed by atoms with van der Waals surface area (Å²) in [4.78, 5) is 0.902. The second-order valence-electron chi connectivity index (χ2n) is 3.21. The van der Waals surface area contributed by atoms with E-state index in [2.05, 4.69) is 4.98 Å². The molecule has 1 aromatic rings. The topological polar surface area (TPSA) is 137 Å². The zero-order valence-electron chi connectivity index (χ0n) is 8.69. The lowest BCUT2D eigenvalue weighted by Crippen LogP contribution is -2.06. The Morgan fingerprint density at radius 1 is 1.22 bits per heavy atom. The fourth-order valence-electron chi connectivity index (χ4n) is 1.36. The smallest absolute Gasteiger partial charge is 0.282 e. The predicted molar refractivity (Wildman–Crippen MR) is 60.6 cm³/mol. The number of rotatable bonds is 2. The number of benzene rings is 1. The highest BCUT2D eigenvalue weighted by molar-refractivity contribution is 7.86. The van der Waals surface area contributed by atoms with Gasteiger partial charge in [0, 0.05) is 0 Å². The SMILES string of the molecule is Cc1c([N+]#N)c(S(=O)(=O)O)cc(Cl)c1S(=O)(=O)O. The third kappa shape index (κ3) is 2.60. The van der Waals surface area contributed by atoms with Crippen molar-refractivity contribution in [3.8, 4) is 0 Å². The Bertz CT molecular complexity index is 762. The van der Waals surface area contributed by atoms with E-state index in [1.807, 2.05) is 0 Å². The molecule has 0 heterocycles. The maximum Gasteiger partial charge on any atom is 0.410 e. The molecular weight excluding hydrogens is 308 g/mol. The molecule has 0 amide bonds. The van der Waals surface area contributed by atoms with Crippen LogP contribution in [0.4, 0.5) is 5.69 Å². The molecule has 18 heavy (non-hydrogen) atoms. The molecule has 0 atom stereocenters. The van der Waals surface area contributed by atoms with Gasteiger partial charge >= 0.3 is 15.8 Å². The van der Waals surface area contributed by atoms with Gasteiger partial charge < -0.3 is 0 Å². The molecule has 0 fully saturated rings. The van der Waals surface area contributed by atoms with E-state index in [0.29, 0.717) is 6.07 Å². The Hall–Kier alpha value is -1.25. The second kappa shape index (κ2) is 4.45. The minimum atomic E-state index is -4.77. The van der Waals surface area contributed by atoms with E-state index in [0.717, 1.165) is 6.92 Å². The third-order valence-electron chi connectivity index (χ3n) is 2.04. The maximum atomic E-state index is 11.0. The van der Waals surface area contributed by atoms with Gasteiger partial charge in [-0.15, -0.1) is 0 Å². The first-order valence-corrected chi connectivity index (χ1v) is 7.39. The summed E-state index contributed by atoms with van der Waals surface area (Å²) in [6.45, 7) is 1.05. The van der Waals surface area contributed by atoms with Gasteiger partial charge in [0.05, 0.1) is 10.6 Å². The number of halogens is 1. The summed E-state index contributed by atoms with van der Waals surface area (Å²) < 4.78 is 61.9. The highest BCUT2D eigenvalue weighted by atomic mass is 35.5. The van der Waals surface area contributed by atoms with E-state index >= 15 is 0 Å². The zero-order valence-corrected chi connectivity index (χ0v) is 11.1. The standard InChI is InChI=1S/C7H5ClN2O6S2/c1-3-6(10-9)5(17(11,12)13)2-4(8)7(3)18(14,15)16/h2H,1H3,(H-,11,12,13,14,15,16)/p+1. The van der Waals surface area contributed by atoms with Crippen molar-refractivity contribution in [1.29, 1.82) is 5.39 Å². The van der Waals surface area contributed by atoms with Crippen molar-refractivity contribution in [2.45, 2.75) is 16.7 Å². The lowest BCUT2D eigenvalue weighted by atomic mass is 10.2. The Morgan fingerprint density at radius 2 is 1.72 bits per heavy atom. The first-order chi connectivity index (χ1) is 8.00. The molecule has 0 spiro atoms. The maximum absolute atomic E-state index is 11.0. The van der Waals surface area contributed by atoms with Crippen molar-refractivity contribution in [2.75, 3.05) is 0 Å². The summed E-state index contributed by atoms with van der Waals surface area (Å²) in [6, 6.07) is 0.558. The molecule has 0 radical (unpaired) electrons. The van der Waals surface area contributed by atoms with Crippen LogP contribution in [0.25, 0.3) is 4.98 Å². The van der Waals surface area contributed by atoms with E-state index in [1.165, 1.54) is 0 Å². The van der Waals surface area contributed by atoms with Crippen LogP contribution in [-0.4, -0.2) is 25.9 Å². The minimum Gasteiger partial charge on any atom is -0.282 e. The number of nitrogens with zero attached hydrogens (tertiary/aromatic N) is 2. The van der Waals surface area contributed by atoms with Crippen molar-refractivity contribution in [3.05, 3.63) is 21.6 Å². The van der Waals surface area contributed by atoms with Crippen LogP contribution in [0.5, 0.6) is 0 Å². The van der Waals surface area contributed by atoms with Crippen LogP contribution in [0, 0.1) is 12.3 Å². The average Bonchev–Trinajstić information content (AvgIpc) is 2.13. The van der Waals surface area contributed by atoms with Crippen LogP contribution < -0.4 is 0 Å². The zero-order chi connectivity index (χ0) is 14.3. The van der Waals surface area contributed by atoms with Crippen LogP contribution in [0.3, 0.4) is 0 Å². The van der Waals surface area contributed by atoms with E-state index in [1.54, 1.807) is 0 Å². The van der Waals surface area contributed by atoms with Gasteiger partial charge in [-0.25, -0.2) is 0 Å². The van der Waals surface area contributed by atoms with E-state index in [4.69, 9.17) is 26.1 Å². The Kier molecular flexibility index (Phi) is 3.66. The summed E-state index contributed by atoms with van der Waals surface area (Å²) in [5.74, 6) is 0. The molecule has 0 saturated carbocycles. The predicted octanol–water partition coefficient (Wildman–Crippen LogP) is 1.63. The normalized spacial score (nSPS) is 12.2. The van der Waals surface area contributed by atoms with Crippen molar-refractivity contribution in [1.82, 2.24) is 0 Å². The summed E-state index contributed by atoms with van der Waals surface area (Å²) >= 11 is 5.52. The van der Waals surface area contributed by atoms with Gasteiger partial charge in [0.2, 0.25) is 5.39 Å². The summed E-state index contributed by atoms with van der Waals surface area (Å²) in [7, 11) is -9.51. The highest BCUT2D eigenvalue weighted by Crippen LogP contribution is 2.37. The van der Waals surface area contributed by atoms with Crippen LogP contribution in [0.15, 0.2) is 15.9 Å². The van der Waals surface area contributed by atoms with Crippen molar-refractivity contribution in [2.24, 2.45) is 0 Å². The summed E-state index contributed by atoms with van der Waals surface area (Å²) in [5.41, 5.74) is -1.14. The second-order valence-corrected chi connectivity index (χ2v) is 6.36. The minimum absolute atomic E-state index is 0.417. The Balaban J connectivity index is 3.97. The molecule has 0 aliphatic carbocycles. The third-order valence-corrected chi connectivity index (χ3v) is 4.36. The Morgan fingerprint density at radius 3 is 2.06 bits per heavy atom. The average molecular weight is 314 g/mol. The first kappa shape index (κ1) is 14.8. The fourth-order valence-corrected chi connectivity index (χ4v) is 3.46. The number of diazo groups is 1.